The second kappa shape index (κ2) is 11.9. The van der Waals surface area contributed by atoms with Gasteiger partial charge in [0.1, 0.15) is 5.75 Å². The summed E-state index contributed by atoms with van der Waals surface area (Å²) in [6.45, 7) is 8.77. The summed E-state index contributed by atoms with van der Waals surface area (Å²) in [6, 6.07) is 14.1. The molecule has 1 heterocycles. The molecule has 0 saturated heterocycles. The van der Waals surface area contributed by atoms with E-state index in [4.69, 9.17) is 4.74 Å². The van der Waals surface area contributed by atoms with Crippen LogP contribution in [0, 0.1) is 13.8 Å². The highest BCUT2D eigenvalue weighted by molar-refractivity contribution is 7.92. The number of aromatic hydroxyl groups is 1. The SMILES string of the molecule is CCNCCOCCNC(=O)c1cc(C)n(-c2cccc(S(=O)(=O)Nc3ccc(O)cc3)c2)c1C. The smallest absolute Gasteiger partial charge is 0.261 e. The van der Waals surface area contributed by atoms with Gasteiger partial charge in [0.15, 0.2) is 0 Å². The maximum absolute atomic E-state index is 12.9. The molecule has 4 N–H and O–H groups in total. The number of aromatic nitrogens is 1. The Morgan fingerprint density at radius 3 is 2.46 bits per heavy atom. The first-order chi connectivity index (χ1) is 16.7. The van der Waals surface area contributed by atoms with Crippen molar-refractivity contribution in [3.8, 4) is 11.4 Å². The third-order valence-corrected chi connectivity index (χ3v) is 6.77. The molecule has 35 heavy (non-hydrogen) atoms. The van der Waals surface area contributed by atoms with Gasteiger partial charge >= 0.3 is 0 Å². The van der Waals surface area contributed by atoms with E-state index in [0.717, 1.165) is 18.8 Å². The van der Waals surface area contributed by atoms with Crippen LogP contribution in [0.3, 0.4) is 0 Å². The second-order valence-electron chi connectivity index (χ2n) is 7.99. The number of nitrogens with zero attached hydrogens (tertiary/aromatic N) is 1. The molecular formula is C25H32N4O5S. The van der Waals surface area contributed by atoms with Crippen LogP contribution in [-0.2, 0) is 14.8 Å². The van der Waals surface area contributed by atoms with Gasteiger partial charge in [0.05, 0.1) is 23.7 Å². The molecule has 1 amide bonds. The molecule has 0 spiro atoms. The highest BCUT2D eigenvalue weighted by Gasteiger charge is 2.19. The van der Waals surface area contributed by atoms with Crippen LogP contribution in [-0.4, -0.2) is 56.8 Å². The minimum absolute atomic E-state index is 0.0464. The molecule has 0 saturated carbocycles. The third kappa shape index (κ3) is 6.84. The maximum atomic E-state index is 12.9. The number of hydrogen-bond acceptors (Lipinski definition) is 6. The molecule has 9 nitrogen and oxygen atoms in total. The minimum Gasteiger partial charge on any atom is -0.508 e. The van der Waals surface area contributed by atoms with Crippen LogP contribution in [0.25, 0.3) is 5.69 Å². The van der Waals surface area contributed by atoms with E-state index in [1.807, 2.05) is 25.3 Å². The van der Waals surface area contributed by atoms with E-state index in [1.54, 1.807) is 24.3 Å². The normalized spacial score (nSPS) is 11.4. The van der Waals surface area contributed by atoms with Crippen LogP contribution in [0.2, 0.25) is 0 Å². The Hall–Kier alpha value is -3.34. The third-order valence-electron chi connectivity index (χ3n) is 5.39. The number of benzene rings is 2. The van der Waals surface area contributed by atoms with Gasteiger partial charge in [-0.3, -0.25) is 9.52 Å². The first kappa shape index (κ1) is 26.3. The predicted octanol–water partition coefficient (Wildman–Crippen LogP) is 2.96. The van der Waals surface area contributed by atoms with Crippen LogP contribution in [0.4, 0.5) is 5.69 Å². The largest absolute Gasteiger partial charge is 0.508 e. The van der Waals surface area contributed by atoms with Crippen molar-refractivity contribution in [1.29, 1.82) is 0 Å². The monoisotopic (exact) mass is 500 g/mol. The molecule has 1 aromatic heterocycles. The van der Waals surface area contributed by atoms with Crippen molar-refractivity contribution in [2.24, 2.45) is 0 Å². The van der Waals surface area contributed by atoms with E-state index < -0.39 is 10.0 Å². The molecule has 3 aromatic rings. The summed E-state index contributed by atoms with van der Waals surface area (Å²) in [6.07, 6.45) is 0. The van der Waals surface area contributed by atoms with E-state index in [9.17, 15) is 18.3 Å². The van der Waals surface area contributed by atoms with Gasteiger partial charge in [-0.25, -0.2) is 8.42 Å². The summed E-state index contributed by atoms with van der Waals surface area (Å²) >= 11 is 0. The highest BCUT2D eigenvalue weighted by atomic mass is 32.2. The Bertz CT molecular complexity index is 1250. The second-order valence-corrected chi connectivity index (χ2v) is 9.67. The molecule has 0 unspecified atom stereocenters. The number of hydrogen-bond donors (Lipinski definition) is 4. The number of phenolic OH excluding ortho intramolecular Hbond substituents is 1. The number of rotatable bonds is 12. The fourth-order valence-electron chi connectivity index (χ4n) is 3.68. The molecule has 0 aliphatic rings. The zero-order valence-electron chi connectivity index (χ0n) is 20.2. The molecule has 2 aromatic carbocycles. The average Bonchev–Trinajstić information content (AvgIpc) is 3.13. The van der Waals surface area contributed by atoms with Gasteiger partial charge in [0, 0.05) is 35.9 Å². The summed E-state index contributed by atoms with van der Waals surface area (Å²) in [5.74, 6) is -0.164. The predicted molar refractivity (Wildman–Crippen MR) is 136 cm³/mol. The lowest BCUT2D eigenvalue weighted by molar-refractivity contribution is 0.0916. The number of likely N-dealkylation sites (N-methyl/N-ethyl adjacent to an activating group) is 1. The zero-order chi connectivity index (χ0) is 25.4. The molecule has 0 atom stereocenters. The number of anilines is 1. The van der Waals surface area contributed by atoms with Gasteiger partial charge in [0.2, 0.25) is 0 Å². The quantitative estimate of drug-likeness (QED) is 0.224. The maximum Gasteiger partial charge on any atom is 0.261 e. The van der Waals surface area contributed by atoms with E-state index >= 15 is 0 Å². The Kier molecular flexibility index (Phi) is 8.91. The number of aryl methyl sites for hydroxylation is 1. The van der Waals surface area contributed by atoms with Gasteiger partial charge in [-0.1, -0.05) is 13.0 Å². The van der Waals surface area contributed by atoms with Crippen LogP contribution in [0.15, 0.2) is 59.5 Å². The van der Waals surface area contributed by atoms with Crippen LogP contribution in [0.1, 0.15) is 28.7 Å². The topological polar surface area (TPSA) is 122 Å². The summed E-state index contributed by atoms with van der Waals surface area (Å²) < 4.78 is 35.7. The fraction of sp³-hybridized carbons (Fsp3) is 0.320. The number of phenols is 1. The Morgan fingerprint density at radius 2 is 1.74 bits per heavy atom. The molecular weight excluding hydrogens is 468 g/mol. The van der Waals surface area contributed by atoms with Crippen molar-refractivity contribution >= 4 is 21.6 Å². The van der Waals surface area contributed by atoms with Gasteiger partial charge in [-0.05, 0) is 68.9 Å². The number of nitrogens with one attached hydrogen (secondary N) is 3. The number of carbonyl (C=O) groups is 1. The standard InChI is InChI=1S/C25H32N4O5S/c1-4-26-12-14-34-15-13-27-25(31)24-16-18(2)29(19(24)3)21-6-5-7-23(17-21)35(32,33)28-20-8-10-22(30)11-9-20/h5-11,16-17,26,28,30H,4,12-15H2,1-3H3,(H,27,31). The van der Waals surface area contributed by atoms with Crippen LogP contribution in [0.5, 0.6) is 5.75 Å². The minimum atomic E-state index is -3.86. The highest BCUT2D eigenvalue weighted by Crippen LogP contribution is 2.24. The fourth-order valence-corrected chi connectivity index (χ4v) is 4.78. The lowest BCUT2D eigenvalue weighted by atomic mass is 10.2. The number of ether oxygens (including phenoxy) is 1. The average molecular weight is 501 g/mol. The van der Waals surface area contributed by atoms with Crippen molar-refractivity contribution in [2.45, 2.75) is 25.7 Å². The first-order valence-electron chi connectivity index (χ1n) is 11.4. The molecule has 3 rings (SSSR count). The van der Waals surface area contributed by atoms with Crippen LogP contribution < -0.4 is 15.4 Å². The van der Waals surface area contributed by atoms with Gasteiger partial charge in [-0.2, -0.15) is 0 Å². The van der Waals surface area contributed by atoms with Gasteiger partial charge in [-0.15, -0.1) is 0 Å². The molecule has 0 bridgehead atoms. The molecule has 0 aliphatic heterocycles. The number of sulfonamides is 1. The van der Waals surface area contributed by atoms with Crippen molar-refractivity contribution in [2.75, 3.05) is 37.6 Å². The Balaban J connectivity index is 1.73. The van der Waals surface area contributed by atoms with Crippen molar-refractivity contribution in [1.82, 2.24) is 15.2 Å². The van der Waals surface area contributed by atoms with E-state index in [1.165, 1.54) is 30.3 Å². The van der Waals surface area contributed by atoms with Crippen LogP contribution >= 0.6 is 0 Å². The molecule has 188 valence electrons. The number of amides is 1. The van der Waals surface area contributed by atoms with Gasteiger partial charge in [0.25, 0.3) is 15.9 Å². The van der Waals surface area contributed by atoms with Crippen molar-refractivity contribution in [3.63, 3.8) is 0 Å². The van der Waals surface area contributed by atoms with E-state index in [0.29, 0.717) is 42.4 Å². The molecule has 0 fully saturated rings. The Morgan fingerprint density at radius 1 is 1.03 bits per heavy atom. The Labute approximate surface area is 206 Å². The lowest BCUT2D eigenvalue weighted by Gasteiger charge is -2.13. The summed E-state index contributed by atoms with van der Waals surface area (Å²) in [5, 5.41) is 15.4. The zero-order valence-corrected chi connectivity index (χ0v) is 21.0. The van der Waals surface area contributed by atoms with Gasteiger partial charge < -0.3 is 25.0 Å². The van der Waals surface area contributed by atoms with E-state index in [2.05, 4.69) is 15.4 Å². The molecule has 10 heteroatoms. The van der Waals surface area contributed by atoms with Crippen molar-refractivity contribution < 1.29 is 23.1 Å². The summed E-state index contributed by atoms with van der Waals surface area (Å²) in [4.78, 5) is 12.8. The molecule has 0 aliphatic carbocycles. The number of carbonyl (C=O) groups excluding carboxylic acids is 1. The summed E-state index contributed by atoms with van der Waals surface area (Å²) in [5.41, 5.74) is 2.99. The van der Waals surface area contributed by atoms with Crippen molar-refractivity contribution in [3.05, 3.63) is 71.5 Å². The first-order valence-corrected chi connectivity index (χ1v) is 12.9. The summed E-state index contributed by atoms with van der Waals surface area (Å²) in [7, 11) is -3.86. The van der Waals surface area contributed by atoms with E-state index in [-0.39, 0.29) is 16.6 Å². The molecule has 0 radical (unpaired) electrons. The lowest BCUT2D eigenvalue weighted by Crippen LogP contribution is -2.28.